The van der Waals surface area contributed by atoms with Gasteiger partial charge in [-0.25, -0.2) is 0 Å². The van der Waals surface area contributed by atoms with Crippen LogP contribution >= 0.6 is 11.6 Å². The molecule has 5 nitrogen and oxygen atoms in total. The Balaban J connectivity index is 1.75. The Morgan fingerprint density at radius 3 is 2.54 bits per heavy atom. The molecule has 0 aliphatic carbocycles. The first kappa shape index (κ1) is 17.0. The SMILES string of the molecule is CN(C)C(=O)C1(n2cccn2)CCN(Cc2ccccc2Cl)CC1. The van der Waals surface area contributed by atoms with Gasteiger partial charge in [0.15, 0.2) is 0 Å². The van der Waals surface area contributed by atoms with Gasteiger partial charge in [0, 0.05) is 51.1 Å². The number of halogens is 1. The fourth-order valence-corrected chi connectivity index (χ4v) is 3.62. The molecule has 1 aliphatic rings. The summed E-state index contributed by atoms with van der Waals surface area (Å²) in [7, 11) is 3.62. The van der Waals surface area contributed by atoms with Crippen molar-refractivity contribution in [1.82, 2.24) is 19.6 Å². The number of carbonyl (C=O) groups excluding carboxylic acids is 1. The predicted molar refractivity (Wildman–Crippen MR) is 94.9 cm³/mol. The van der Waals surface area contributed by atoms with E-state index in [9.17, 15) is 4.79 Å². The first-order valence-electron chi connectivity index (χ1n) is 8.20. The number of rotatable bonds is 4. The monoisotopic (exact) mass is 346 g/mol. The maximum absolute atomic E-state index is 12.9. The molecule has 0 atom stereocenters. The van der Waals surface area contributed by atoms with Gasteiger partial charge in [-0.15, -0.1) is 0 Å². The zero-order valence-electron chi connectivity index (χ0n) is 14.2. The van der Waals surface area contributed by atoms with Crippen molar-refractivity contribution in [3.05, 3.63) is 53.3 Å². The van der Waals surface area contributed by atoms with Gasteiger partial charge in [0.2, 0.25) is 5.91 Å². The van der Waals surface area contributed by atoms with Crippen molar-refractivity contribution < 1.29 is 4.79 Å². The smallest absolute Gasteiger partial charge is 0.250 e. The number of nitrogens with zero attached hydrogens (tertiary/aromatic N) is 4. The summed E-state index contributed by atoms with van der Waals surface area (Å²) in [6.07, 6.45) is 5.12. The van der Waals surface area contributed by atoms with Crippen LogP contribution in [0.5, 0.6) is 0 Å². The molecule has 2 heterocycles. The minimum absolute atomic E-state index is 0.114. The third-order valence-corrected chi connectivity index (χ3v) is 5.15. The molecule has 1 aromatic heterocycles. The summed E-state index contributed by atoms with van der Waals surface area (Å²) in [5, 5.41) is 5.17. The van der Waals surface area contributed by atoms with Crippen LogP contribution in [-0.2, 0) is 16.9 Å². The standard InChI is InChI=1S/C18H23ClN4O/c1-21(2)17(24)18(23-11-5-10-20-23)8-12-22(13-9-18)14-15-6-3-4-7-16(15)19/h3-7,10-11H,8-9,12-14H2,1-2H3. The molecule has 1 aromatic carbocycles. The molecule has 1 saturated heterocycles. The highest BCUT2D eigenvalue weighted by molar-refractivity contribution is 6.31. The maximum Gasteiger partial charge on any atom is 0.250 e. The van der Waals surface area contributed by atoms with E-state index < -0.39 is 5.54 Å². The molecule has 1 amide bonds. The zero-order chi connectivity index (χ0) is 17.2. The largest absolute Gasteiger partial charge is 0.347 e. The molecule has 3 rings (SSSR count). The molecule has 1 fully saturated rings. The van der Waals surface area contributed by atoms with Gasteiger partial charge < -0.3 is 4.90 Å². The quantitative estimate of drug-likeness (QED) is 0.854. The van der Waals surface area contributed by atoms with E-state index >= 15 is 0 Å². The van der Waals surface area contributed by atoms with Crippen LogP contribution in [-0.4, -0.2) is 52.7 Å². The lowest BCUT2D eigenvalue weighted by molar-refractivity contribution is -0.141. The number of likely N-dealkylation sites (N-methyl/N-ethyl adjacent to an activating group) is 1. The van der Waals surface area contributed by atoms with Crippen molar-refractivity contribution in [2.24, 2.45) is 0 Å². The van der Waals surface area contributed by atoms with Crippen molar-refractivity contribution in [1.29, 1.82) is 0 Å². The number of amides is 1. The molecule has 0 unspecified atom stereocenters. The normalized spacial score (nSPS) is 17.6. The highest BCUT2D eigenvalue weighted by Crippen LogP contribution is 2.32. The topological polar surface area (TPSA) is 41.4 Å². The first-order chi connectivity index (χ1) is 11.5. The average Bonchev–Trinajstić information content (AvgIpc) is 3.12. The molecule has 0 saturated carbocycles. The van der Waals surface area contributed by atoms with E-state index in [4.69, 9.17) is 11.6 Å². The van der Waals surface area contributed by atoms with Crippen LogP contribution in [0.3, 0.4) is 0 Å². The molecular weight excluding hydrogens is 324 g/mol. The van der Waals surface area contributed by atoms with Gasteiger partial charge in [-0.1, -0.05) is 29.8 Å². The molecular formula is C18H23ClN4O. The van der Waals surface area contributed by atoms with Gasteiger partial charge in [-0.3, -0.25) is 14.4 Å². The van der Waals surface area contributed by atoms with E-state index in [1.165, 1.54) is 0 Å². The number of hydrogen-bond donors (Lipinski definition) is 0. The van der Waals surface area contributed by atoms with E-state index in [1.807, 2.05) is 49.2 Å². The summed E-state index contributed by atoms with van der Waals surface area (Å²) in [6, 6.07) is 9.81. The Hall–Kier alpha value is -1.85. The summed E-state index contributed by atoms with van der Waals surface area (Å²) < 4.78 is 1.84. The predicted octanol–water partition coefficient (Wildman–Crippen LogP) is 2.62. The number of piperidine rings is 1. The second kappa shape index (κ2) is 6.95. The van der Waals surface area contributed by atoms with Gasteiger partial charge in [0.25, 0.3) is 0 Å². The number of likely N-dealkylation sites (tertiary alicyclic amines) is 1. The second-order valence-corrected chi connectivity index (χ2v) is 6.96. The Labute approximate surface area is 147 Å². The Kier molecular flexibility index (Phi) is 4.92. The Morgan fingerprint density at radius 1 is 1.25 bits per heavy atom. The lowest BCUT2D eigenvalue weighted by Gasteiger charge is -2.42. The highest BCUT2D eigenvalue weighted by atomic mass is 35.5. The average molecular weight is 347 g/mol. The van der Waals surface area contributed by atoms with E-state index in [0.29, 0.717) is 0 Å². The summed E-state index contributed by atoms with van der Waals surface area (Å²) >= 11 is 6.27. The summed E-state index contributed by atoms with van der Waals surface area (Å²) in [5.41, 5.74) is 0.550. The zero-order valence-corrected chi connectivity index (χ0v) is 14.9. The first-order valence-corrected chi connectivity index (χ1v) is 8.58. The van der Waals surface area contributed by atoms with E-state index in [0.717, 1.165) is 43.1 Å². The van der Waals surface area contributed by atoms with Crippen LogP contribution in [0.2, 0.25) is 5.02 Å². The third kappa shape index (κ3) is 3.19. The molecule has 0 N–H and O–H groups in total. The minimum atomic E-state index is -0.579. The molecule has 0 spiro atoms. The van der Waals surface area contributed by atoms with Gasteiger partial charge in [0.1, 0.15) is 5.54 Å². The van der Waals surface area contributed by atoms with Crippen molar-refractivity contribution in [3.8, 4) is 0 Å². The Morgan fingerprint density at radius 2 is 1.96 bits per heavy atom. The molecule has 24 heavy (non-hydrogen) atoms. The maximum atomic E-state index is 12.9. The molecule has 6 heteroatoms. The summed E-state index contributed by atoms with van der Waals surface area (Å²) in [6.45, 7) is 2.49. The van der Waals surface area contributed by atoms with Gasteiger partial charge in [0.05, 0.1) is 0 Å². The highest BCUT2D eigenvalue weighted by Gasteiger charge is 2.44. The van der Waals surface area contributed by atoms with Crippen LogP contribution in [0, 0.1) is 0 Å². The summed E-state index contributed by atoms with van der Waals surface area (Å²) in [4.78, 5) is 16.9. The molecule has 0 radical (unpaired) electrons. The van der Waals surface area contributed by atoms with Crippen molar-refractivity contribution in [2.75, 3.05) is 27.2 Å². The van der Waals surface area contributed by atoms with Crippen LogP contribution < -0.4 is 0 Å². The lowest BCUT2D eigenvalue weighted by atomic mass is 9.86. The molecule has 1 aliphatic heterocycles. The van der Waals surface area contributed by atoms with Gasteiger partial charge >= 0.3 is 0 Å². The number of benzene rings is 1. The Bertz CT molecular complexity index is 691. The van der Waals surface area contributed by atoms with Crippen LogP contribution in [0.25, 0.3) is 0 Å². The second-order valence-electron chi connectivity index (χ2n) is 6.55. The van der Waals surface area contributed by atoms with Crippen molar-refractivity contribution in [3.63, 3.8) is 0 Å². The van der Waals surface area contributed by atoms with Crippen molar-refractivity contribution in [2.45, 2.75) is 24.9 Å². The fourth-order valence-electron chi connectivity index (χ4n) is 3.43. The van der Waals surface area contributed by atoms with Crippen LogP contribution in [0.15, 0.2) is 42.7 Å². The van der Waals surface area contributed by atoms with Crippen molar-refractivity contribution >= 4 is 17.5 Å². The van der Waals surface area contributed by atoms with E-state index in [1.54, 1.807) is 11.1 Å². The van der Waals surface area contributed by atoms with Gasteiger partial charge in [-0.05, 0) is 30.5 Å². The number of aromatic nitrogens is 2. The molecule has 0 bridgehead atoms. The van der Waals surface area contributed by atoms with E-state index in [2.05, 4.69) is 16.1 Å². The number of hydrogen-bond acceptors (Lipinski definition) is 3. The van der Waals surface area contributed by atoms with Gasteiger partial charge in [-0.2, -0.15) is 5.10 Å². The lowest BCUT2D eigenvalue weighted by Crippen LogP contribution is -2.54. The van der Waals surface area contributed by atoms with Crippen LogP contribution in [0.4, 0.5) is 0 Å². The minimum Gasteiger partial charge on any atom is -0.347 e. The third-order valence-electron chi connectivity index (χ3n) is 4.78. The molecule has 2 aromatic rings. The van der Waals surface area contributed by atoms with Crippen LogP contribution in [0.1, 0.15) is 18.4 Å². The van der Waals surface area contributed by atoms with E-state index in [-0.39, 0.29) is 5.91 Å². The fraction of sp³-hybridized carbons (Fsp3) is 0.444. The molecule has 128 valence electrons. The number of carbonyl (C=O) groups is 1. The summed E-state index contributed by atoms with van der Waals surface area (Å²) in [5.74, 6) is 0.114.